The molecule has 6 rings (SSSR count). The van der Waals surface area contributed by atoms with E-state index in [2.05, 4.69) is 0 Å². The first-order valence-corrected chi connectivity index (χ1v) is 14.5. The molecule has 0 saturated carbocycles. The summed E-state index contributed by atoms with van der Waals surface area (Å²) in [5.74, 6) is 0.176. The van der Waals surface area contributed by atoms with Crippen molar-refractivity contribution in [2.24, 2.45) is 0 Å². The molecule has 4 aromatic carbocycles. The van der Waals surface area contributed by atoms with Crippen molar-refractivity contribution in [3.05, 3.63) is 130 Å². The van der Waals surface area contributed by atoms with Gasteiger partial charge in [-0.1, -0.05) is 66.7 Å². The fourth-order valence-corrected chi connectivity index (χ4v) is 5.71. The minimum atomic E-state index is -0.842. The number of benzene rings is 4. The van der Waals surface area contributed by atoms with Gasteiger partial charge in [0.2, 0.25) is 0 Å². The van der Waals surface area contributed by atoms with Crippen molar-refractivity contribution in [3.63, 3.8) is 0 Å². The van der Waals surface area contributed by atoms with Crippen LogP contribution in [0.2, 0.25) is 0 Å². The number of aliphatic hydroxyl groups excluding tert-OH is 1. The Labute approximate surface area is 250 Å². The molecule has 1 amide bonds. The summed E-state index contributed by atoms with van der Waals surface area (Å²) in [6.45, 7) is 4.81. The predicted molar refractivity (Wildman–Crippen MR) is 163 cm³/mol. The Kier molecular flexibility index (Phi) is 7.88. The molecular formula is C36H33NO6. The van der Waals surface area contributed by atoms with E-state index in [1.165, 1.54) is 4.90 Å². The standard InChI is InChI=1S/C36H33NO6/c1-3-41-31-20-26(14-17-30(31)42-22-25-12-8-5-9-13-25)33-32(34(38)27-15-16-29-28(19-27)18-23(2)43-29)35(39)36(40)37(33)21-24-10-6-4-7-11-24/h4-17,19-20,23,33,38H,3,18,21-22H2,1-2H3. The second kappa shape index (κ2) is 12.1. The number of likely N-dealkylation sites (tertiary alicyclic amines) is 1. The average Bonchev–Trinajstić information content (AvgIpc) is 3.52. The van der Waals surface area contributed by atoms with Crippen molar-refractivity contribution in [1.82, 2.24) is 4.90 Å². The summed E-state index contributed by atoms with van der Waals surface area (Å²) in [4.78, 5) is 28.7. The van der Waals surface area contributed by atoms with Gasteiger partial charge in [0.1, 0.15) is 24.2 Å². The summed E-state index contributed by atoms with van der Waals surface area (Å²) in [7, 11) is 0. The lowest BCUT2D eigenvalue weighted by Gasteiger charge is -2.26. The first-order valence-electron chi connectivity index (χ1n) is 14.5. The van der Waals surface area contributed by atoms with Gasteiger partial charge in [0.15, 0.2) is 11.5 Å². The van der Waals surface area contributed by atoms with Crippen LogP contribution in [0.1, 0.15) is 47.7 Å². The van der Waals surface area contributed by atoms with Crippen molar-refractivity contribution in [2.45, 2.75) is 45.6 Å². The highest BCUT2D eigenvalue weighted by molar-refractivity contribution is 6.46. The van der Waals surface area contributed by atoms with Crippen LogP contribution >= 0.6 is 0 Å². The summed E-state index contributed by atoms with van der Waals surface area (Å²) in [6.07, 6.45) is 0.730. The van der Waals surface area contributed by atoms with Gasteiger partial charge in [-0.2, -0.15) is 0 Å². The molecule has 7 heteroatoms. The number of carbonyl (C=O) groups is 2. The molecule has 2 aliphatic heterocycles. The van der Waals surface area contributed by atoms with Crippen LogP contribution in [-0.2, 0) is 29.2 Å². The lowest BCUT2D eigenvalue weighted by Crippen LogP contribution is -2.29. The van der Waals surface area contributed by atoms with E-state index in [-0.39, 0.29) is 24.0 Å². The number of hydrogen-bond acceptors (Lipinski definition) is 6. The number of ketones is 1. The van der Waals surface area contributed by atoms with Crippen molar-refractivity contribution < 1.29 is 28.9 Å². The molecule has 0 spiro atoms. The van der Waals surface area contributed by atoms with Crippen LogP contribution in [-0.4, -0.2) is 34.4 Å². The van der Waals surface area contributed by atoms with E-state index in [4.69, 9.17) is 14.2 Å². The van der Waals surface area contributed by atoms with Gasteiger partial charge >= 0.3 is 0 Å². The minimum absolute atomic E-state index is 0.0310. The highest BCUT2D eigenvalue weighted by Gasteiger charge is 2.46. The van der Waals surface area contributed by atoms with E-state index >= 15 is 0 Å². The Hall–Kier alpha value is -5.04. The Morgan fingerprint density at radius 2 is 1.60 bits per heavy atom. The molecule has 0 aromatic heterocycles. The number of ether oxygens (including phenoxy) is 3. The van der Waals surface area contributed by atoms with Gasteiger partial charge < -0.3 is 24.2 Å². The first kappa shape index (κ1) is 28.1. The second-order valence-electron chi connectivity index (χ2n) is 10.8. The van der Waals surface area contributed by atoms with Gasteiger partial charge in [-0.25, -0.2) is 0 Å². The zero-order chi connectivity index (χ0) is 29.9. The van der Waals surface area contributed by atoms with Gasteiger partial charge in [-0.15, -0.1) is 0 Å². The third-order valence-corrected chi connectivity index (χ3v) is 7.73. The molecule has 1 saturated heterocycles. The second-order valence-corrected chi connectivity index (χ2v) is 10.8. The maximum absolute atomic E-state index is 13.6. The summed E-state index contributed by atoms with van der Waals surface area (Å²) in [5.41, 5.74) is 3.96. The average molecular weight is 576 g/mol. The predicted octanol–water partition coefficient (Wildman–Crippen LogP) is 6.61. The van der Waals surface area contributed by atoms with E-state index in [9.17, 15) is 14.7 Å². The monoisotopic (exact) mass is 575 g/mol. The number of aliphatic hydroxyl groups is 1. The molecule has 43 heavy (non-hydrogen) atoms. The summed E-state index contributed by atoms with van der Waals surface area (Å²) < 4.78 is 17.9. The number of Topliss-reactive ketones (excluding diaryl/α,β-unsaturated/α-hetero) is 1. The van der Waals surface area contributed by atoms with Crippen molar-refractivity contribution in [1.29, 1.82) is 0 Å². The molecule has 218 valence electrons. The lowest BCUT2D eigenvalue weighted by atomic mass is 9.94. The maximum Gasteiger partial charge on any atom is 0.295 e. The van der Waals surface area contributed by atoms with E-state index in [1.54, 1.807) is 24.3 Å². The van der Waals surface area contributed by atoms with Crippen molar-refractivity contribution in [3.8, 4) is 17.2 Å². The number of amides is 1. The zero-order valence-electron chi connectivity index (χ0n) is 24.2. The minimum Gasteiger partial charge on any atom is -0.507 e. The SMILES string of the molecule is CCOc1cc(C2C(=C(O)c3ccc4c(c3)CC(C)O4)C(=O)C(=O)N2Cc2ccccc2)ccc1OCc1ccccc1. The Morgan fingerprint density at radius 1 is 0.884 bits per heavy atom. The number of nitrogens with zero attached hydrogens (tertiary/aromatic N) is 1. The number of fused-ring (bicyclic) bond motifs is 1. The third-order valence-electron chi connectivity index (χ3n) is 7.73. The molecule has 2 aliphatic rings. The summed E-state index contributed by atoms with van der Waals surface area (Å²) in [5, 5.41) is 11.6. The first-order chi connectivity index (χ1) is 20.9. The van der Waals surface area contributed by atoms with Crippen molar-refractivity contribution >= 4 is 17.4 Å². The molecule has 4 aromatic rings. The molecule has 2 unspecified atom stereocenters. The molecule has 2 atom stereocenters. The van der Waals surface area contributed by atoms with Gasteiger partial charge in [0.05, 0.1) is 18.2 Å². The Morgan fingerprint density at radius 3 is 2.33 bits per heavy atom. The maximum atomic E-state index is 13.6. The van der Waals surface area contributed by atoms with Crippen LogP contribution in [0.3, 0.4) is 0 Å². The van der Waals surface area contributed by atoms with E-state index in [1.807, 2.05) is 86.6 Å². The zero-order valence-corrected chi connectivity index (χ0v) is 24.2. The molecule has 0 radical (unpaired) electrons. The van der Waals surface area contributed by atoms with E-state index < -0.39 is 17.7 Å². The summed E-state index contributed by atoms with van der Waals surface area (Å²) >= 11 is 0. The van der Waals surface area contributed by atoms with Crippen LogP contribution in [0.4, 0.5) is 0 Å². The largest absolute Gasteiger partial charge is 0.507 e. The molecule has 7 nitrogen and oxygen atoms in total. The molecule has 2 heterocycles. The molecule has 1 N–H and O–H groups in total. The highest BCUT2D eigenvalue weighted by Crippen LogP contribution is 2.43. The van der Waals surface area contributed by atoms with Crippen LogP contribution < -0.4 is 14.2 Å². The highest BCUT2D eigenvalue weighted by atomic mass is 16.5. The Balaban J connectivity index is 1.43. The van der Waals surface area contributed by atoms with E-state index in [0.717, 1.165) is 22.4 Å². The fourth-order valence-electron chi connectivity index (χ4n) is 5.71. The van der Waals surface area contributed by atoms with Gasteiger partial charge in [0, 0.05) is 18.5 Å². The number of rotatable bonds is 9. The van der Waals surface area contributed by atoms with Gasteiger partial charge in [-0.05, 0) is 66.4 Å². The van der Waals surface area contributed by atoms with Crippen LogP contribution in [0, 0.1) is 0 Å². The van der Waals surface area contributed by atoms with Crippen molar-refractivity contribution in [2.75, 3.05) is 6.61 Å². The summed E-state index contributed by atoms with van der Waals surface area (Å²) in [6, 6.07) is 29.2. The fraction of sp³-hybridized carbons (Fsp3) is 0.222. The molecule has 0 aliphatic carbocycles. The van der Waals surface area contributed by atoms with Crippen LogP contribution in [0.25, 0.3) is 5.76 Å². The normalized spacial score (nSPS) is 18.8. The molecular weight excluding hydrogens is 542 g/mol. The molecule has 0 bridgehead atoms. The smallest absolute Gasteiger partial charge is 0.295 e. The topological polar surface area (TPSA) is 85.3 Å². The third kappa shape index (κ3) is 5.71. The quantitative estimate of drug-likeness (QED) is 0.137. The van der Waals surface area contributed by atoms with Gasteiger partial charge in [-0.3, -0.25) is 9.59 Å². The molecule has 1 fully saturated rings. The van der Waals surface area contributed by atoms with Gasteiger partial charge in [0.25, 0.3) is 11.7 Å². The number of carbonyl (C=O) groups excluding carboxylic acids is 2. The lowest BCUT2D eigenvalue weighted by molar-refractivity contribution is -0.140. The number of hydrogen-bond donors (Lipinski definition) is 1. The van der Waals surface area contributed by atoms with Crippen LogP contribution in [0.5, 0.6) is 17.2 Å². The Bertz CT molecular complexity index is 1680. The van der Waals surface area contributed by atoms with E-state index in [0.29, 0.717) is 42.3 Å². The van der Waals surface area contributed by atoms with Crippen LogP contribution in [0.15, 0.2) is 103 Å².